The van der Waals surface area contributed by atoms with Gasteiger partial charge in [-0.3, -0.25) is 15.1 Å². The topological polar surface area (TPSA) is 58.4 Å². The number of likely N-dealkylation sites (tertiary alicyclic amines) is 1. The third-order valence-corrected chi connectivity index (χ3v) is 2.47. The highest BCUT2D eigenvalue weighted by atomic mass is 16.2. The van der Waals surface area contributed by atoms with Crippen molar-refractivity contribution in [3.63, 3.8) is 0 Å². The van der Waals surface area contributed by atoms with Crippen LogP contribution in [0.15, 0.2) is 0 Å². The zero-order valence-electron chi connectivity index (χ0n) is 8.42. The van der Waals surface area contributed by atoms with Crippen molar-refractivity contribution in [3.8, 4) is 0 Å². The molecule has 3 N–H and O–H groups in total. The number of nitrogens with one attached hydrogen (secondary N) is 1. The lowest BCUT2D eigenvalue weighted by Crippen LogP contribution is -2.46. The van der Waals surface area contributed by atoms with E-state index in [9.17, 15) is 4.79 Å². The fourth-order valence-corrected chi connectivity index (χ4v) is 2.17. The molecule has 0 spiro atoms. The minimum Gasteiger partial charge on any atom is -0.294 e. The molecule has 1 rings (SSSR count). The summed E-state index contributed by atoms with van der Waals surface area (Å²) < 4.78 is 0. The standard InChI is InChI=1S/C9H19N3O/c1-7-3-8(2)5-12(4-7)6-9(13)11-10/h7-8H,3-6,10H2,1-2H3,(H,11,13)/t7-,8-/m0/s1. The van der Waals surface area contributed by atoms with Crippen molar-refractivity contribution in [1.82, 2.24) is 10.3 Å². The first-order chi connectivity index (χ1) is 6.11. The number of hydrogen-bond acceptors (Lipinski definition) is 3. The number of nitrogens with zero attached hydrogens (tertiary/aromatic N) is 1. The second-order valence-electron chi connectivity index (χ2n) is 4.21. The summed E-state index contributed by atoms with van der Waals surface area (Å²) >= 11 is 0. The zero-order valence-corrected chi connectivity index (χ0v) is 8.42. The van der Waals surface area contributed by atoms with Gasteiger partial charge in [-0.1, -0.05) is 13.8 Å². The smallest absolute Gasteiger partial charge is 0.248 e. The van der Waals surface area contributed by atoms with Crippen LogP contribution in [0.5, 0.6) is 0 Å². The van der Waals surface area contributed by atoms with Crippen LogP contribution in [-0.2, 0) is 4.79 Å². The van der Waals surface area contributed by atoms with E-state index in [1.165, 1.54) is 6.42 Å². The number of piperidine rings is 1. The molecule has 76 valence electrons. The van der Waals surface area contributed by atoms with Crippen molar-refractivity contribution < 1.29 is 4.79 Å². The van der Waals surface area contributed by atoms with E-state index in [0.717, 1.165) is 13.1 Å². The number of carbonyl (C=O) groups excluding carboxylic acids is 1. The van der Waals surface area contributed by atoms with Gasteiger partial charge in [0.05, 0.1) is 6.54 Å². The lowest BCUT2D eigenvalue weighted by molar-refractivity contribution is -0.122. The van der Waals surface area contributed by atoms with Gasteiger partial charge in [0.15, 0.2) is 0 Å². The maximum absolute atomic E-state index is 11.0. The molecule has 0 aliphatic carbocycles. The van der Waals surface area contributed by atoms with Crippen LogP contribution in [0.1, 0.15) is 20.3 Å². The van der Waals surface area contributed by atoms with Gasteiger partial charge in [0.2, 0.25) is 5.91 Å². The lowest BCUT2D eigenvalue weighted by Gasteiger charge is -2.34. The quantitative estimate of drug-likeness (QED) is 0.360. The molecule has 1 fully saturated rings. The van der Waals surface area contributed by atoms with E-state index >= 15 is 0 Å². The lowest BCUT2D eigenvalue weighted by atomic mass is 9.92. The van der Waals surface area contributed by atoms with Crippen LogP contribution in [-0.4, -0.2) is 30.4 Å². The highest BCUT2D eigenvalue weighted by Gasteiger charge is 2.22. The molecule has 1 saturated heterocycles. The van der Waals surface area contributed by atoms with Gasteiger partial charge in [0.25, 0.3) is 0 Å². The summed E-state index contributed by atoms with van der Waals surface area (Å²) in [6, 6.07) is 0. The molecule has 0 aromatic rings. The van der Waals surface area contributed by atoms with Gasteiger partial charge in [-0.05, 0) is 18.3 Å². The summed E-state index contributed by atoms with van der Waals surface area (Å²) in [4.78, 5) is 13.2. The average molecular weight is 185 g/mol. The Kier molecular flexibility index (Phi) is 3.69. The Labute approximate surface area is 79.4 Å². The molecular weight excluding hydrogens is 166 g/mol. The molecule has 2 atom stereocenters. The summed E-state index contributed by atoms with van der Waals surface area (Å²) in [6.45, 7) is 6.91. The maximum Gasteiger partial charge on any atom is 0.248 e. The first-order valence-electron chi connectivity index (χ1n) is 4.83. The van der Waals surface area contributed by atoms with E-state index in [0.29, 0.717) is 18.4 Å². The second-order valence-corrected chi connectivity index (χ2v) is 4.21. The highest BCUT2D eigenvalue weighted by molar-refractivity contribution is 5.77. The number of hydrazine groups is 1. The Balaban J connectivity index is 2.37. The van der Waals surface area contributed by atoms with Crippen LogP contribution in [0.2, 0.25) is 0 Å². The van der Waals surface area contributed by atoms with Crippen molar-refractivity contribution >= 4 is 5.91 Å². The monoisotopic (exact) mass is 185 g/mol. The summed E-state index contributed by atoms with van der Waals surface area (Å²) in [5.41, 5.74) is 2.16. The molecule has 0 radical (unpaired) electrons. The van der Waals surface area contributed by atoms with Gasteiger partial charge in [-0.25, -0.2) is 5.84 Å². The van der Waals surface area contributed by atoms with Crippen LogP contribution in [0, 0.1) is 11.8 Å². The third kappa shape index (κ3) is 3.32. The van der Waals surface area contributed by atoms with Gasteiger partial charge in [-0.2, -0.15) is 0 Å². The van der Waals surface area contributed by atoms with E-state index in [4.69, 9.17) is 5.84 Å². The van der Waals surface area contributed by atoms with Crippen LogP contribution in [0.3, 0.4) is 0 Å². The predicted molar refractivity (Wildman–Crippen MR) is 51.7 cm³/mol. The van der Waals surface area contributed by atoms with Gasteiger partial charge in [0, 0.05) is 13.1 Å². The van der Waals surface area contributed by atoms with Gasteiger partial charge >= 0.3 is 0 Å². The summed E-state index contributed by atoms with van der Waals surface area (Å²) in [6.07, 6.45) is 1.26. The minimum absolute atomic E-state index is 0.0960. The second kappa shape index (κ2) is 4.58. The van der Waals surface area contributed by atoms with Gasteiger partial charge < -0.3 is 0 Å². The van der Waals surface area contributed by atoms with Crippen molar-refractivity contribution in [2.75, 3.05) is 19.6 Å². The number of carbonyl (C=O) groups is 1. The molecule has 1 amide bonds. The molecule has 4 nitrogen and oxygen atoms in total. The van der Waals surface area contributed by atoms with E-state index in [1.54, 1.807) is 0 Å². The van der Waals surface area contributed by atoms with Crippen LogP contribution in [0.25, 0.3) is 0 Å². The van der Waals surface area contributed by atoms with Crippen LogP contribution < -0.4 is 11.3 Å². The van der Waals surface area contributed by atoms with Gasteiger partial charge in [-0.15, -0.1) is 0 Å². The Morgan fingerprint density at radius 2 is 2.00 bits per heavy atom. The Morgan fingerprint density at radius 1 is 1.46 bits per heavy atom. The maximum atomic E-state index is 11.0. The average Bonchev–Trinajstić information content (AvgIpc) is 2.02. The van der Waals surface area contributed by atoms with Crippen molar-refractivity contribution in [2.45, 2.75) is 20.3 Å². The number of hydrogen-bond donors (Lipinski definition) is 2. The number of rotatable bonds is 2. The first kappa shape index (κ1) is 10.5. The van der Waals surface area contributed by atoms with Crippen molar-refractivity contribution in [2.24, 2.45) is 17.7 Å². The predicted octanol–water partition coefficient (Wildman–Crippen LogP) is -0.0458. The Morgan fingerprint density at radius 3 is 2.46 bits per heavy atom. The van der Waals surface area contributed by atoms with E-state index in [-0.39, 0.29) is 5.91 Å². The Hall–Kier alpha value is -0.610. The molecular formula is C9H19N3O. The van der Waals surface area contributed by atoms with Crippen molar-refractivity contribution in [1.29, 1.82) is 0 Å². The third-order valence-electron chi connectivity index (χ3n) is 2.47. The molecule has 1 heterocycles. The van der Waals surface area contributed by atoms with Gasteiger partial charge in [0.1, 0.15) is 0 Å². The first-order valence-corrected chi connectivity index (χ1v) is 4.83. The normalized spacial score (nSPS) is 30.1. The zero-order chi connectivity index (χ0) is 9.84. The summed E-state index contributed by atoms with van der Waals surface area (Å²) in [5.74, 6) is 6.31. The Bertz CT molecular complexity index is 174. The molecule has 4 heteroatoms. The fourth-order valence-electron chi connectivity index (χ4n) is 2.17. The van der Waals surface area contributed by atoms with E-state index in [1.807, 2.05) is 0 Å². The van der Waals surface area contributed by atoms with E-state index < -0.39 is 0 Å². The SMILES string of the molecule is C[C@H]1C[C@H](C)CN(CC(=O)NN)C1. The number of amides is 1. The largest absolute Gasteiger partial charge is 0.294 e. The molecule has 13 heavy (non-hydrogen) atoms. The molecule has 0 aromatic heterocycles. The minimum atomic E-state index is -0.0960. The highest BCUT2D eigenvalue weighted by Crippen LogP contribution is 2.20. The van der Waals surface area contributed by atoms with Crippen LogP contribution in [0.4, 0.5) is 0 Å². The van der Waals surface area contributed by atoms with Crippen molar-refractivity contribution in [3.05, 3.63) is 0 Å². The van der Waals surface area contributed by atoms with E-state index in [2.05, 4.69) is 24.2 Å². The summed E-state index contributed by atoms with van der Waals surface area (Å²) in [7, 11) is 0. The molecule has 1 aliphatic heterocycles. The fraction of sp³-hybridized carbons (Fsp3) is 0.889. The number of nitrogens with two attached hydrogens (primary N) is 1. The molecule has 0 aromatic carbocycles. The summed E-state index contributed by atoms with van der Waals surface area (Å²) in [5, 5.41) is 0. The van der Waals surface area contributed by atoms with Crippen LogP contribution >= 0.6 is 0 Å². The molecule has 0 saturated carbocycles. The molecule has 1 aliphatic rings. The molecule has 0 bridgehead atoms. The molecule has 0 unspecified atom stereocenters.